The molecular weight excluding hydrogens is 399 g/mol. The molecule has 2 aromatic carbocycles. The van der Waals surface area contributed by atoms with E-state index in [1.54, 1.807) is 36.1 Å². The highest BCUT2D eigenvalue weighted by Gasteiger charge is 2.26. The Kier molecular flexibility index (Phi) is 6.04. The predicted molar refractivity (Wildman–Crippen MR) is 104 cm³/mol. The van der Waals surface area contributed by atoms with Gasteiger partial charge in [0.1, 0.15) is 5.82 Å². The first kappa shape index (κ1) is 20.6. The molecule has 0 N–H and O–H groups in total. The van der Waals surface area contributed by atoms with Crippen LogP contribution in [-0.4, -0.2) is 34.0 Å². The molecule has 3 rings (SSSR count). The van der Waals surface area contributed by atoms with Gasteiger partial charge in [-0.15, -0.1) is 0 Å². The maximum Gasteiger partial charge on any atom is 0.269 e. The lowest BCUT2D eigenvalue weighted by molar-refractivity contribution is -0.384. The van der Waals surface area contributed by atoms with Crippen LogP contribution in [0.25, 0.3) is 0 Å². The molecule has 0 unspecified atom stereocenters. The van der Waals surface area contributed by atoms with E-state index < -0.39 is 14.9 Å². The van der Waals surface area contributed by atoms with Gasteiger partial charge < -0.3 is 0 Å². The highest BCUT2D eigenvalue weighted by molar-refractivity contribution is 7.89. The van der Waals surface area contributed by atoms with E-state index in [-0.39, 0.29) is 29.5 Å². The molecule has 152 valence electrons. The maximum absolute atomic E-state index is 13.2. The van der Waals surface area contributed by atoms with Crippen LogP contribution in [0.5, 0.6) is 0 Å². The van der Waals surface area contributed by atoms with Gasteiger partial charge in [0.15, 0.2) is 0 Å². The van der Waals surface area contributed by atoms with Crippen molar-refractivity contribution >= 4 is 15.7 Å². The Morgan fingerprint density at radius 2 is 1.76 bits per heavy atom. The van der Waals surface area contributed by atoms with Gasteiger partial charge in [0.05, 0.1) is 22.1 Å². The minimum absolute atomic E-state index is 0.0376. The van der Waals surface area contributed by atoms with Crippen molar-refractivity contribution in [2.45, 2.75) is 17.9 Å². The zero-order valence-electron chi connectivity index (χ0n) is 15.6. The monoisotopic (exact) mass is 418 g/mol. The Bertz CT molecular complexity index is 1100. The number of sulfonamides is 1. The van der Waals surface area contributed by atoms with Crippen LogP contribution >= 0.6 is 0 Å². The summed E-state index contributed by atoms with van der Waals surface area (Å²) in [7, 11) is -2.20. The van der Waals surface area contributed by atoms with Crippen molar-refractivity contribution in [1.29, 1.82) is 0 Å². The van der Waals surface area contributed by atoms with E-state index in [0.29, 0.717) is 12.1 Å². The van der Waals surface area contributed by atoms with Gasteiger partial charge >= 0.3 is 0 Å². The number of nitro benzene ring substituents is 1. The molecule has 0 atom stereocenters. The topological polar surface area (TPSA) is 98.3 Å². The Balaban J connectivity index is 1.88. The molecule has 0 saturated carbocycles. The molecule has 0 aliphatic carbocycles. The summed E-state index contributed by atoms with van der Waals surface area (Å²) in [6.07, 6.45) is 1.95. The standard InChI is InChI=1S/C19H19FN4O4S/c1-22-18(10-12-21-22)14-23(13-11-15-2-4-16(20)5-3-15)29(27,28)19-8-6-17(7-9-19)24(25)26/h2-10,12H,11,13-14H2,1H3. The molecule has 0 aliphatic rings. The number of aryl methyl sites for hydroxylation is 1. The first-order valence-electron chi connectivity index (χ1n) is 8.73. The summed E-state index contributed by atoms with van der Waals surface area (Å²) < 4.78 is 42.4. The molecule has 1 heterocycles. The normalized spacial score (nSPS) is 11.7. The average Bonchev–Trinajstić information content (AvgIpc) is 3.11. The molecule has 0 spiro atoms. The van der Waals surface area contributed by atoms with Crippen molar-refractivity contribution in [1.82, 2.24) is 14.1 Å². The van der Waals surface area contributed by atoms with Crippen molar-refractivity contribution in [2.24, 2.45) is 7.05 Å². The van der Waals surface area contributed by atoms with Crippen molar-refractivity contribution in [3.05, 3.63) is 88.0 Å². The van der Waals surface area contributed by atoms with Crippen molar-refractivity contribution in [3.8, 4) is 0 Å². The fraction of sp³-hybridized carbons (Fsp3) is 0.211. The van der Waals surface area contributed by atoms with Crippen molar-refractivity contribution in [3.63, 3.8) is 0 Å². The van der Waals surface area contributed by atoms with Gasteiger partial charge in [-0.05, 0) is 42.3 Å². The fourth-order valence-corrected chi connectivity index (χ4v) is 4.23. The van der Waals surface area contributed by atoms with Crippen LogP contribution in [0.15, 0.2) is 65.7 Å². The molecule has 0 aliphatic heterocycles. The minimum Gasteiger partial charge on any atom is -0.271 e. The van der Waals surface area contributed by atoms with E-state index in [2.05, 4.69) is 5.10 Å². The number of hydrogen-bond donors (Lipinski definition) is 0. The molecule has 0 fully saturated rings. The van der Waals surface area contributed by atoms with E-state index in [1.165, 1.54) is 28.6 Å². The Morgan fingerprint density at radius 1 is 1.10 bits per heavy atom. The molecular formula is C19H19FN4O4S. The van der Waals surface area contributed by atoms with Gasteiger partial charge in [0, 0.05) is 31.9 Å². The first-order chi connectivity index (χ1) is 13.8. The van der Waals surface area contributed by atoms with Crippen LogP contribution in [-0.2, 0) is 30.0 Å². The number of nitrogens with zero attached hydrogens (tertiary/aromatic N) is 4. The smallest absolute Gasteiger partial charge is 0.269 e. The van der Waals surface area contributed by atoms with Gasteiger partial charge in [-0.25, -0.2) is 12.8 Å². The third-order valence-corrected chi connectivity index (χ3v) is 6.37. The molecule has 29 heavy (non-hydrogen) atoms. The van der Waals surface area contributed by atoms with E-state index in [9.17, 15) is 22.9 Å². The fourth-order valence-electron chi connectivity index (χ4n) is 2.82. The minimum atomic E-state index is -3.92. The molecule has 1 aromatic heterocycles. The number of rotatable bonds is 8. The van der Waals surface area contributed by atoms with E-state index in [4.69, 9.17) is 0 Å². The zero-order valence-corrected chi connectivity index (χ0v) is 16.4. The largest absolute Gasteiger partial charge is 0.271 e. The third-order valence-electron chi connectivity index (χ3n) is 4.51. The summed E-state index contributed by atoms with van der Waals surface area (Å²) in [5.74, 6) is -0.362. The number of aromatic nitrogens is 2. The lowest BCUT2D eigenvalue weighted by Crippen LogP contribution is -2.33. The van der Waals surface area contributed by atoms with Gasteiger partial charge in [-0.2, -0.15) is 9.40 Å². The van der Waals surface area contributed by atoms with Crippen LogP contribution in [0.1, 0.15) is 11.3 Å². The number of non-ortho nitro benzene ring substituents is 1. The van der Waals surface area contributed by atoms with E-state index in [0.717, 1.165) is 17.7 Å². The second-order valence-electron chi connectivity index (χ2n) is 6.41. The van der Waals surface area contributed by atoms with Crippen molar-refractivity contribution in [2.75, 3.05) is 6.54 Å². The van der Waals surface area contributed by atoms with Gasteiger partial charge in [0.2, 0.25) is 10.0 Å². The summed E-state index contributed by atoms with van der Waals surface area (Å²) in [5, 5.41) is 14.9. The highest BCUT2D eigenvalue weighted by Crippen LogP contribution is 2.22. The molecule has 10 heteroatoms. The van der Waals surface area contributed by atoms with Crippen LogP contribution < -0.4 is 0 Å². The predicted octanol–water partition coefficient (Wildman–Crippen LogP) is 2.90. The molecule has 0 radical (unpaired) electrons. The molecule has 0 amide bonds. The molecule has 8 nitrogen and oxygen atoms in total. The quantitative estimate of drug-likeness (QED) is 0.414. The third kappa shape index (κ3) is 4.84. The van der Waals surface area contributed by atoms with Gasteiger partial charge in [-0.3, -0.25) is 14.8 Å². The summed E-state index contributed by atoms with van der Waals surface area (Å²) in [6, 6.07) is 12.4. The van der Waals surface area contributed by atoms with Crippen LogP contribution in [0.3, 0.4) is 0 Å². The number of benzene rings is 2. The SMILES string of the molecule is Cn1nccc1CN(CCc1ccc(F)cc1)S(=O)(=O)c1ccc([N+](=O)[O-])cc1. The van der Waals surface area contributed by atoms with Crippen molar-refractivity contribution < 1.29 is 17.7 Å². The second-order valence-corrected chi connectivity index (χ2v) is 8.35. The average molecular weight is 418 g/mol. The zero-order chi connectivity index (χ0) is 21.0. The van der Waals surface area contributed by atoms with Crippen LogP contribution in [0.4, 0.5) is 10.1 Å². The summed E-state index contributed by atoms with van der Waals surface area (Å²) in [6.45, 7) is 0.229. The highest BCUT2D eigenvalue weighted by atomic mass is 32.2. The Morgan fingerprint density at radius 3 is 2.31 bits per heavy atom. The van der Waals surface area contributed by atoms with Gasteiger partial charge in [-0.1, -0.05) is 12.1 Å². The first-order valence-corrected chi connectivity index (χ1v) is 10.2. The Labute approximate surface area is 167 Å². The molecule has 3 aromatic rings. The van der Waals surface area contributed by atoms with E-state index >= 15 is 0 Å². The van der Waals surface area contributed by atoms with Crippen LogP contribution in [0.2, 0.25) is 0 Å². The Hall–Kier alpha value is -3.11. The van der Waals surface area contributed by atoms with Gasteiger partial charge in [0.25, 0.3) is 5.69 Å². The summed E-state index contributed by atoms with van der Waals surface area (Å²) in [4.78, 5) is 10.2. The summed E-state index contributed by atoms with van der Waals surface area (Å²) >= 11 is 0. The lowest BCUT2D eigenvalue weighted by atomic mass is 10.1. The summed E-state index contributed by atoms with van der Waals surface area (Å²) in [5.41, 5.74) is 1.29. The van der Waals surface area contributed by atoms with Crippen LogP contribution in [0, 0.1) is 15.9 Å². The number of nitro groups is 1. The second kappa shape index (κ2) is 8.50. The van der Waals surface area contributed by atoms with E-state index in [1.807, 2.05) is 0 Å². The number of hydrogen-bond acceptors (Lipinski definition) is 5. The lowest BCUT2D eigenvalue weighted by Gasteiger charge is -2.22. The molecule has 0 bridgehead atoms. The number of halogens is 1. The molecule has 0 saturated heterocycles. The maximum atomic E-state index is 13.2.